The summed E-state index contributed by atoms with van der Waals surface area (Å²) in [5.74, 6) is -0.473. The van der Waals surface area contributed by atoms with E-state index in [0.717, 1.165) is 0 Å². The van der Waals surface area contributed by atoms with Crippen molar-refractivity contribution in [2.24, 2.45) is 11.8 Å². The fourth-order valence-corrected chi connectivity index (χ4v) is 2.78. The quantitative estimate of drug-likeness (QED) is 0.417. The Kier molecular flexibility index (Phi) is 1.73. The molecule has 0 aromatic rings. The highest BCUT2D eigenvalue weighted by molar-refractivity contribution is 5.87. The summed E-state index contributed by atoms with van der Waals surface area (Å²) in [6, 6.07) is -0.380. The van der Waals surface area contributed by atoms with Gasteiger partial charge in [0.05, 0.1) is 6.04 Å². The monoisotopic (exact) mass is 217 g/mol. The summed E-state index contributed by atoms with van der Waals surface area (Å²) in [6.45, 7) is 3.77. The van der Waals surface area contributed by atoms with Gasteiger partial charge in [-0.15, -0.1) is 0 Å². The van der Waals surface area contributed by atoms with E-state index in [2.05, 4.69) is 6.72 Å². The number of hydrogen-bond acceptors (Lipinski definition) is 2. The Morgan fingerprint density at radius 2 is 1.88 bits per heavy atom. The first-order chi connectivity index (χ1) is 7.61. The lowest BCUT2D eigenvalue weighted by molar-refractivity contribution is -0.481. The molecule has 6 rings (SSSR count). The zero-order valence-corrected chi connectivity index (χ0v) is 9.04. The third-order valence-electron chi connectivity index (χ3n) is 3.78. The van der Waals surface area contributed by atoms with Gasteiger partial charge in [-0.3, -0.25) is 4.79 Å². The van der Waals surface area contributed by atoms with Gasteiger partial charge in [-0.1, -0.05) is 18.2 Å². The molecule has 0 N–H and O–H groups in total. The van der Waals surface area contributed by atoms with Crippen LogP contribution in [0.1, 0.15) is 0 Å². The van der Waals surface area contributed by atoms with Gasteiger partial charge in [-0.25, -0.2) is 4.79 Å². The first-order valence-electron chi connectivity index (χ1n) is 5.38. The van der Waals surface area contributed by atoms with Crippen molar-refractivity contribution in [3.8, 4) is 0 Å². The molecule has 6 aliphatic rings. The van der Waals surface area contributed by atoms with Crippen LogP contribution in [0.4, 0.5) is 0 Å². The lowest BCUT2D eigenvalue weighted by Gasteiger charge is -2.40. The molecule has 1 aliphatic carbocycles. The zero-order chi connectivity index (χ0) is 11.4. The first kappa shape index (κ1) is 9.51. The van der Waals surface area contributed by atoms with Crippen molar-refractivity contribution in [1.82, 2.24) is 4.90 Å². The van der Waals surface area contributed by atoms with Gasteiger partial charge < -0.3 is 4.90 Å². The Labute approximate surface area is 93.5 Å². The highest BCUT2D eigenvalue weighted by atomic mass is 16.2. The van der Waals surface area contributed by atoms with E-state index >= 15 is 0 Å². The lowest BCUT2D eigenvalue weighted by Crippen LogP contribution is -2.58. The Morgan fingerprint density at radius 3 is 2.62 bits per heavy atom. The molecule has 0 spiro atoms. The summed E-state index contributed by atoms with van der Waals surface area (Å²) in [6.07, 6.45) is 7.74. The SMILES string of the molecule is C=[N+]1C(=O)C2C=CC1C1C=CC2N(C)C1=O. The summed E-state index contributed by atoms with van der Waals surface area (Å²) in [5, 5.41) is 0. The number of rotatable bonds is 0. The molecule has 1 fully saturated rings. The van der Waals surface area contributed by atoms with Crippen LogP contribution in [0.15, 0.2) is 24.3 Å². The average Bonchev–Trinajstić information content (AvgIpc) is 2.23. The Morgan fingerprint density at radius 1 is 1.19 bits per heavy atom. The van der Waals surface area contributed by atoms with Crippen LogP contribution in [-0.2, 0) is 9.59 Å². The van der Waals surface area contributed by atoms with Crippen LogP contribution in [0.5, 0.6) is 0 Å². The number of carbonyl (C=O) groups excluding carboxylic acids is 2. The van der Waals surface area contributed by atoms with Crippen LogP contribution in [0, 0.1) is 11.8 Å². The summed E-state index contributed by atoms with van der Waals surface area (Å²) < 4.78 is 1.46. The minimum atomic E-state index is -0.278. The van der Waals surface area contributed by atoms with Crippen LogP contribution in [0.25, 0.3) is 0 Å². The van der Waals surface area contributed by atoms with Crippen molar-refractivity contribution in [2.75, 3.05) is 7.05 Å². The highest BCUT2D eigenvalue weighted by Crippen LogP contribution is 2.33. The molecule has 4 heteroatoms. The summed E-state index contributed by atoms with van der Waals surface area (Å²) in [5.41, 5.74) is 0. The summed E-state index contributed by atoms with van der Waals surface area (Å²) >= 11 is 0. The van der Waals surface area contributed by atoms with E-state index in [0.29, 0.717) is 0 Å². The standard InChI is InChI=1S/C12H13N2O2/c1-13-9-5-3-8(11(13)15)10-6-4-7(9)12(16)14(10)2/h3-10H,1H2,2H3/q+1. The number of hydrogen-bond donors (Lipinski definition) is 0. The summed E-state index contributed by atoms with van der Waals surface area (Å²) in [4.78, 5) is 25.8. The van der Waals surface area contributed by atoms with E-state index in [1.54, 1.807) is 11.9 Å². The maximum Gasteiger partial charge on any atom is 0.396 e. The van der Waals surface area contributed by atoms with Crippen LogP contribution in [-0.4, -0.2) is 47.1 Å². The molecule has 4 nitrogen and oxygen atoms in total. The number of amides is 2. The van der Waals surface area contributed by atoms with Crippen LogP contribution in [0.3, 0.4) is 0 Å². The molecule has 5 heterocycles. The first-order valence-corrected chi connectivity index (χ1v) is 5.38. The molecular weight excluding hydrogens is 204 g/mol. The van der Waals surface area contributed by atoms with Gasteiger partial charge >= 0.3 is 5.91 Å². The molecule has 0 saturated carbocycles. The highest BCUT2D eigenvalue weighted by Gasteiger charge is 2.51. The number of likely N-dealkylation sites (N-methyl/N-ethyl adjacent to an activating group) is 1. The van der Waals surface area contributed by atoms with Crippen LogP contribution >= 0.6 is 0 Å². The van der Waals surface area contributed by atoms with Crippen LogP contribution < -0.4 is 0 Å². The fourth-order valence-electron chi connectivity index (χ4n) is 2.78. The van der Waals surface area contributed by atoms with Gasteiger partial charge in [0.25, 0.3) is 0 Å². The van der Waals surface area contributed by atoms with E-state index < -0.39 is 0 Å². The van der Waals surface area contributed by atoms with E-state index in [1.165, 1.54) is 4.58 Å². The maximum absolute atomic E-state index is 12.1. The second-order valence-electron chi connectivity index (χ2n) is 4.56. The van der Waals surface area contributed by atoms with Crippen molar-refractivity contribution in [3.63, 3.8) is 0 Å². The maximum atomic E-state index is 12.1. The van der Waals surface area contributed by atoms with Crippen molar-refractivity contribution in [3.05, 3.63) is 24.3 Å². The van der Waals surface area contributed by atoms with E-state index in [4.69, 9.17) is 0 Å². The van der Waals surface area contributed by atoms with Gasteiger partial charge in [0, 0.05) is 7.05 Å². The van der Waals surface area contributed by atoms with E-state index in [9.17, 15) is 9.59 Å². The molecule has 0 aromatic carbocycles. The van der Waals surface area contributed by atoms with Gasteiger partial charge in [0.2, 0.25) is 5.91 Å². The van der Waals surface area contributed by atoms with E-state index in [1.807, 2.05) is 24.3 Å². The smallest absolute Gasteiger partial charge is 0.337 e. The largest absolute Gasteiger partial charge is 0.396 e. The van der Waals surface area contributed by atoms with Gasteiger partial charge in [0.1, 0.15) is 18.6 Å². The Bertz CT molecular complexity index is 464. The molecule has 1 saturated heterocycles. The van der Waals surface area contributed by atoms with Gasteiger partial charge in [0.15, 0.2) is 6.04 Å². The molecule has 82 valence electrons. The normalized spacial score (nSPS) is 40.6. The zero-order valence-electron chi connectivity index (χ0n) is 9.04. The Hall–Kier alpha value is -1.71. The molecule has 2 amide bonds. The fraction of sp³-hybridized carbons (Fsp3) is 0.417. The molecule has 5 aliphatic heterocycles. The minimum absolute atomic E-state index is 0.00574. The number of carbonyl (C=O) groups is 2. The van der Waals surface area contributed by atoms with Gasteiger partial charge in [-0.05, 0) is 6.08 Å². The topological polar surface area (TPSA) is 40.4 Å². The average molecular weight is 217 g/mol. The molecule has 0 radical (unpaired) electrons. The molecule has 4 unspecified atom stereocenters. The van der Waals surface area contributed by atoms with Crippen molar-refractivity contribution in [1.29, 1.82) is 0 Å². The minimum Gasteiger partial charge on any atom is -0.337 e. The predicted octanol–water partition coefficient (Wildman–Crippen LogP) is -0.193. The van der Waals surface area contributed by atoms with E-state index in [-0.39, 0.29) is 35.7 Å². The third-order valence-corrected chi connectivity index (χ3v) is 3.78. The predicted molar refractivity (Wildman–Crippen MR) is 58.0 cm³/mol. The second kappa shape index (κ2) is 2.90. The van der Waals surface area contributed by atoms with Crippen LogP contribution in [0.2, 0.25) is 0 Å². The lowest BCUT2D eigenvalue weighted by atomic mass is 9.79. The van der Waals surface area contributed by atoms with Crippen molar-refractivity contribution in [2.45, 2.75) is 12.1 Å². The Balaban J connectivity index is 2.21. The van der Waals surface area contributed by atoms with Crippen molar-refractivity contribution < 1.29 is 14.2 Å². The number of nitrogens with zero attached hydrogens (tertiary/aromatic N) is 2. The molecule has 0 aromatic heterocycles. The third kappa shape index (κ3) is 0.965. The molecular formula is C12H13N2O2+. The molecule has 4 bridgehead atoms. The second-order valence-corrected chi connectivity index (χ2v) is 4.56. The molecule has 4 atom stereocenters. The van der Waals surface area contributed by atoms with Crippen molar-refractivity contribution >= 4 is 18.5 Å². The van der Waals surface area contributed by atoms with Gasteiger partial charge in [-0.2, -0.15) is 4.58 Å². The summed E-state index contributed by atoms with van der Waals surface area (Å²) in [7, 11) is 1.76. The molecule has 16 heavy (non-hydrogen) atoms.